The molecule has 3 aromatic carbocycles. The monoisotopic (exact) mass is 668 g/mol. The third kappa shape index (κ3) is 5.24. The Hall–Kier alpha value is -4.32. The van der Waals surface area contributed by atoms with Crippen LogP contribution in [0.5, 0.6) is 0 Å². The van der Waals surface area contributed by atoms with E-state index in [1.807, 2.05) is 61.7 Å². The molecule has 0 bridgehead atoms. The van der Waals surface area contributed by atoms with Gasteiger partial charge in [0.15, 0.2) is 5.60 Å². The molecular formula is C37H41FN4O5Si. The van der Waals surface area contributed by atoms with Crippen LogP contribution in [-0.2, 0) is 44.1 Å². The van der Waals surface area contributed by atoms with Crippen molar-refractivity contribution >= 4 is 48.4 Å². The van der Waals surface area contributed by atoms with E-state index < -0.39 is 37.6 Å². The largest absolute Gasteiger partial charge is 0.394 e. The summed E-state index contributed by atoms with van der Waals surface area (Å²) < 4.78 is 23.1. The lowest BCUT2D eigenvalue weighted by atomic mass is 9.82. The number of aromatic nitrogens is 1. The highest BCUT2D eigenvalue weighted by Gasteiger charge is 2.66. The Morgan fingerprint density at radius 2 is 1.83 bits per heavy atom. The Balaban J connectivity index is 1.17. The van der Waals surface area contributed by atoms with E-state index in [2.05, 4.69) is 10.3 Å². The second-order valence-corrected chi connectivity index (χ2v) is 17.8. The van der Waals surface area contributed by atoms with Crippen molar-refractivity contribution in [3.63, 3.8) is 0 Å². The number of hydrogen-bond donors (Lipinski definition) is 3. The number of carbonyl (C=O) groups excluding carboxylic acids is 3. The van der Waals surface area contributed by atoms with Gasteiger partial charge in [-0.15, -0.1) is 0 Å². The average Bonchev–Trinajstić information content (AvgIpc) is 3.67. The van der Waals surface area contributed by atoms with Crippen molar-refractivity contribution in [3.8, 4) is 0 Å². The molecular weight excluding hydrogens is 628 g/mol. The van der Waals surface area contributed by atoms with Crippen molar-refractivity contribution < 1.29 is 28.3 Å². The molecule has 3 aliphatic rings. The van der Waals surface area contributed by atoms with Crippen LogP contribution in [0.1, 0.15) is 35.6 Å². The molecule has 1 aromatic heterocycles. The Morgan fingerprint density at radius 3 is 2.58 bits per heavy atom. The van der Waals surface area contributed by atoms with Gasteiger partial charge in [-0.2, -0.15) is 0 Å². The first-order chi connectivity index (χ1) is 22.9. The summed E-state index contributed by atoms with van der Waals surface area (Å²) >= 11 is 0. The maximum Gasteiger partial charge on any atom is 0.264 e. The number of nitrogens with one attached hydrogen (secondary N) is 2. The molecule has 48 heavy (non-hydrogen) atoms. The van der Waals surface area contributed by atoms with E-state index in [1.54, 1.807) is 43.2 Å². The fraction of sp³-hybridized carbons (Fsp3) is 0.378. The number of para-hydroxylation sites is 1. The molecule has 3 N–H and O–H groups in total. The summed E-state index contributed by atoms with van der Waals surface area (Å²) in [6.45, 7) is 5.21. The van der Waals surface area contributed by atoms with Crippen molar-refractivity contribution in [2.75, 3.05) is 23.9 Å². The minimum atomic E-state index is -3.50. The zero-order chi connectivity index (χ0) is 34.0. The van der Waals surface area contributed by atoms with E-state index in [4.69, 9.17) is 4.74 Å². The summed E-state index contributed by atoms with van der Waals surface area (Å²) in [6.07, 6.45) is 1.56. The van der Waals surface area contributed by atoms with Crippen LogP contribution in [0.4, 0.5) is 15.5 Å². The van der Waals surface area contributed by atoms with Crippen LogP contribution in [-0.4, -0.2) is 66.9 Å². The van der Waals surface area contributed by atoms with Crippen LogP contribution in [0.15, 0.2) is 72.9 Å². The van der Waals surface area contributed by atoms with Crippen LogP contribution >= 0.6 is 0 Å². The van der Waals surface area contributed by atoms with Crippen molar-refractivity contribution in [1.82, 2.24) is 9.88 Å². The fourth-order valence-electron chi connectivity index (χ4n) is 8.42. The van der Waals surface area contributed by atoms with Crippen LogP contribution < -0.4 is 10.2 Å². The molecule has 0 unspecified atom stereocenters. The van der Waals surface area contributed by atoms with Gasteiger partial charge >= 0.3 is 0 Å². The van der Waals surface area contributed by atoms with Crippen molar-refractivity contribution in [2.45, 2.75) is 69.1 Å². The number of hydrogen-bond acceptors (Lipinski definition) is 5. The second kappa shape index (κ2) is 12.0. The van der Waals surface area contributed by atoms with Gasteiger partial charge in [0.25, 0.3) is 5.91 Å². The Kier molecular flexibility index (Phi) is 8.04. The Morgan fingerprint density at radius 1 is 1.10 bits per heavy atom. The molecule has 1 spiro atoms. The molecule has 0 aliphatic carbocycles. The number of aliphatic hydroxyl groups excluding tert-OH is 1. The molecule has 11 heteroatoms. The van der Waals surface area contributed by atoms with Gasteiger partial charge in [-0.3, -0.25) is 14.4 Å². The van der Waals surface area contributed by atoms with Crippen LogP contribution in [0.2, 0.25) is 18.6 Å². The molecule has 250 valence electrons. The third-order valence-corrected chi connectivity index (χ3v) is 13.1. The summed E-state index contributed by atoms with van der Waals surface area (Å²) in [5, 5.41) is 14.2. The predicted molar refractivity (Wildman–Crippen MR) is 185 cm³/mol. The van der Waals surface area contributed by atoms with E-state index >= 15 is 4.11 Å². The summed E-state index contributed by atoms with van der Waals surface area (Å²) in [4.78, 5) is 47.8. The number of carbonyl (C=O) groups is 3. The van der Waals surface area contributed by atoms with Gasteiger partial charge in [-0.25, -0.2) is 0 Å². The third-order valence-electron chi connectivity index (χ3n) is 10.7. The molecule has 0 radical (unpaired) electrons. The summed E-state index contributed by atoms with van der Waals surface area (Å²) in [7, 11) is -1.83. The zero-order valence-electron chi connectivity index (χ0n) is 27.6. The summed E-state index contributed by atoms with van der Waals surface area (Å²) in [6, 6.07) is 20.6. The highest BCUT2D eigenvalue weighted by molar-refractivity contribution is 6.72. The minimum Gasteiger partial charge on any atom is -0.394 e. The molecule has 1 fully saturated rings. The topological polar surface area (TPSA) is 115 Å². The van der Waals surface area contributed by atoms with Gasteiger partial charge in [-0.05, 0) is 60.5 Å². The molecule has 5 atom stereocenters. The lowest BCUT2D eigenvalue weighted by Gasteiger charge is -2.37. The molecule has 3 aliphatic heterocycles. The molecule has 0 saturated carbocycles. The first-order valence-electron chi connectivity index (χ1n) is 16.5. The van der Waals surface area contributed by atoms with Gasteiger partial charge in [0.1, 0.15) is 0 Å². The fourth-order valence-corrected chi connectivity index (χ4v) is 10.9. The number of halogens is 1. The molecule has 1 saturated heterocycles. The summed E-state index contributed by atoms with van der Waals surface area (Å²) in [5.74, 6) is -1.35. The normalized spacial score (nSPS) is 25.1. The number of benzene rings is 3. The number of aliphatic hydroxyl groups is 1. The van der Waals surface area contributed by atoms with Gasteiger partial charge in [-0.1, -0.05) is 49.4 Å². The highest BCUT2D eigenvalue weighted by atomic mass is 28.4. The van der Waals surface area contributed by atoms with Gasteiger partial charge < -0.3 is 34.1 Å². The average molecular weight is 669 g/mol. The van der Waals surface area contributed by atoms with E-state index in [9.17, 15) is 19.5 Å². The van der Waals surface area contributed by atoms with Gasteiger partial charge in [0.05, 0.1) is 37.3 Å². The lowest BCUT2D eigenvalue weighted by molar-refractivity contribution is -0.150. The lowest BCUT2D eigenvalue weighted by Crippen LogP contribution is -2.48. The number of ether oxygens (including phenoxy) is 1. The van der Waals surface area contributed by atoms with Crippen molar-refractivity contribution in [1.29, 1.82) is 0 Å². The minimum absolute atomic E-state index is 0.108. The number of nitrogens with zero attached hydrogens (tertiary/aromatic N) is 2. The number of amides is 3. The molecule has 3 amide bonds. The Bertz CT molecular complexity index is 1920. The highest BCUT2D eigenvalue weighted by Crippen LogP contribution is 2.60. The SMILES string of the molecule is C[C@@H]1[C@@H]([Si](C)(C)F)[C@H](CC(=O)N2Cc3ccccc3C[C@H]2CO)O[C@@]12C(=O)N(C)c1ccc(NC(=O)Cc3c[nH]c4ccccc34)cc12. The predicted octanol–water partition coefficient (Wildman–Crippen LogP) is 5.44. The summed E-state index contributed by atoms with van der Waals surface area (Å²) in [5.41, 5.74) is 3.45. The molecule has 4 aromatic rings. The van der Waals surface area contributed by atoms with E-state index in [-0.39, 0.29) is 37.2 Å². The second-order valence-electron chi connectivity index (χ2n) is 14.0. The molecule has 7 rings (SSSR count). The number of fused-ring (bicyclic) bond motifs is 4. The number of likely N-dealkylation sites (N-methyl/N-ethyl adjacent to an activating group) is 1. The maximum absolute atomic E-state index is 16.3. The number of H-pyrrole nitrogens is 1. The molecule has 4 heterocycles. The zero-order valence-corrected chi connectivity index (χ0v) is 28.6. The van der Waals surface area contributed by atoms with Gasteiger partial charge in [0.2, 0.25) is 20.2 Å². The number of anilines is 2. The quantitative estimate of drug-likeness (QED) is 0.179. The van der Waals surface area contributed by atoms with Crippen LogP contribution in [0, 0.1) is 5.92 Å². The van der Waals surface area contributed by atoms with Gasteiger partial charge in [0, 0.05) is 53.4 Å². The van der Waals surface area contributed by atoms with Crippen LogP contribution in [0.3, 0.4) is 0 Å². The standard InChI is InChI=1S/C37H41FN4O5Si/c1-22-35(48(3,4)38)32(18-34(45)42-20-24-10-6-5-9-23(24)15-27(42)21-43)47-37(22)29-17-26(13-14-31(29)41(2)36(37)46)40-33(44)16-25-19-39-30-12-8-7-11-28(25)30/h5-14,17,19,22,27,32,35,39,43H,15-16,18,20-21H2,1-4H3,(H,40,44)/t22-,27+,32+,35-,37+/m1/s1. The first-order valence-corrected chi connectivity index (χ1v) is 19.5. The van der Waals surface area contributed by atoms with E-state index in [0.29, 0.717) is 29.9 Å². The Labute approximate surface area is 280 Å². The van der Waals surface area contributed by atoms with Crippen molar-refractivity contribution in [3.05, 3.63) is 95.2 Å². The van der Waals surface area contributed by atoms with Crippen LogP contribution in [0.25, 0.3) is 10.9 Å². The first kappa shape index (κ1) is 32.2. The molecule has 9 nitrogen and oxygen atoms in total. The van der Waals surface area contributed by atoms with Crippen molar-refractivity contribution in [2.24, 2.45) is 5.92 Å². The smallest absolute Gasteiger partial charge is 0.264 e. The number of aromatic amines is 1. The maximum atomic E-state index is 16.3. The van der Waals surface area contributed by atoms with E-state index in [0.717, 1.165) is 27.6 Å². The number of rotatable bonds is 7. The van der Waals surface area contributed by atoms with E-state index in [1.165, 1.54) is 4.90 Å².